The van der Waals surface area contributed by atoms with Crippen LogP contribution in [-0.4, -0.2) is 13.1 Å². The van der Waals surface area contributed by atoms with Crippen LogP contribution in [0.3, 0.4) is 0 Å². The summed E-state index contributed by atoms with van der Waals surface area (Å²) in [4.78, 5) is 0. The number of hydrogen-bond donors (Lipinski definition) is 1. The monoisotopic (exact) mass is 157 g/mol. The van der Waals surface area contributed by atoms with Crippen LogP contribution in [0.25, 0.3) is 0 Å². The van der Waals surface area contributed by atoms with E-state index >= 15 is 0 Å². The fraction of sp³-hybridized carbons (Fsp3) is 1.00. The van der Waals surface area contributed by atoms with Crippen molar-refractivity contribution < 1.29 is 0 Å². The van der Waals surface area contributed by atoms with Crippen LogP contribution in [0, 0.1) is 5.41 Å². The molecule has 0 aromatic carbocycles. The standard InChI is InChI=1S/C8H17N.C2H6/c1-3-9-7-8(2)5-4-6-8;1-2/h9H,3-7H2,1-2H3;1-2H3. The molecule has 0 spiro atoms. The van der Waals surface area contributed by atoms with Crippen LogP contribution in [0.1, 0.15) is 47.0 Å². The van der Waals surface area contributed by atoms with Crippen molar-refractivity contribution in [2.75, 3.05) is 13.1 Å². The Hall–Kier alpha value is -0.0400. The highest BCUT2D eigenvalue weighted by molar-refractivity contribution is 4.84. The van der Waals surface area contributed by atoms with Gasteiger partial charge in [-0.25, -0.2) is 0 Å². The van der Waals surface area contributed by atoms with E-state index in [-0.39, 0.29) is 0 Å². The lowest BCUT2D eigenvalue weighted by Gasteiger charge is -2.38. The van der Waals surface area contributed by atoms with Gasteiger partial charge in [0.15, 0.2) is 0 Å². The molecule has 1 N–H and O–H groups in total. The highest BCUT2D eigenvalue weighted by Gasteiger charge is 2.30. The van der Waals surface area contributed by atoms with Gasteiger partial charge in [-0.05, 0) is 24.8 Å². The van der Waals surface area contributed by atoms with Crippen molar-refractivity contribution in [3.8, 4) is 0 Å². The van der Waals surface area contributed by atoms with Gasteiger partial charge in [-0.2, -0.15) is 0 Å². The summed E-state index contributed by atoms with van der Waals surface area (Å²) in [6.07, 6.45) is 4.31. The largest absolute Gasteiger partial charge is 0.316 e. The predicted molar refractivity (Wildman–Crippen MR) is 51.8 cm³/mol. The summed E-state index contributed by atoms with van der Waals surface area (Å²) in [5.74, 6) is 0. The molecule has 0 radical (unpaired) electrons. The summed E-state index contributed by atoms with van der Waals surface area (Å²) in [6.45, 7) is 10.9. The minimum absolute atomic E-state index is 0.663. The van der Waals surface area contributed by atoms with Gasteiger partial charge in [-0.15, -0.1) is 0 Å². The zero-order valence-corrected chi connectivity index (χ0v) is 8.54. The second-order valence-corrected chi connectivity index (χ2v) is 3.44. The van der Waals surface area contributed by atoms with Crippen molar-refractivity contribution in [2.45, 2.75) is 47.0 Å². The van der Waals surface area contributed by atoms with Gasteiger partial charge in [0.25, 0.3) is 0 Å². The molecule has 0 bridgehead atoms. The van der Waals surface area contributed by atoms with E-state index in [9.17, 15) is 0 Å². The van der Waals surface area contributed by atoms with E-state index in [1.165, 1.54) is 25.8 Å². The molecular weight excluding hydrogens is 134 g/mol. The van der Waals surface area contributed by atoms with E-state index in [0.29, 0.717) is 5.41 Å². The van der Waals surface area contributed by atoms with Crippen LogP contribution in [-0.2, 0) is 0 Å². The van der Waals surface area contributed by atoms with Crippen molar-refractivity contribution in [2.24, 2.45) is 5.41 Å². The summed E-state index contributed by atoms with van der Waals surface area (Å²) in [7, 11) is 0. The van der Waals surface area contributed by atoms with Gasteiger partial charge in [-0.3, -0.25) is 0 Å². The molecule has 0 unspecified atom stereocenters. The first-order chi connectivity index (χ1) is 5.27. The summed E-state index contributed by atoms with van der Waals surface area (Å²) in [5, 5.41) is 3.39. The highest BCUT2D eigenvalue weighted by atomic mass is 14.9. The zero-order chi connectivity index (χ0) is 8.74. The van der Waals surface area contributed by atoms with Gasteiger partial charge in [-0.1, -0.05) is 34.1 Å². The highest BCUT2D eigenvalue weighted by Crippen LogP contribution is 2.39. The molecule has 1 nitrogen and oxygen atoms in total. The van der Waals surface area contributed by atoms with Crippen LogP contribution in [0.4, 0.5) is 0 Å². The molecule has 1 fully saturated rings. The van der Waals surface area contributed by atoms with E-state index in [1.54, 1.807) is 0 Å². The van der Waals surface area contributed by atoms with Crippen molar-refractivity contribution >= 4 is 0 Å². The molecule has 0 heterocycles. The van der Waals surface area contributed by atoms with Crippen molar-refractivity contribution in [3.05, 3.63) is 0 Å². The van der Waals surface area contributed by atoms with E-state index in [0.717, 1.165) is 6.54 Å². The third kappa shape index (κ3) is 3.76. The smallest absolute Gasteiger partial charge is 0.000504 e. The second kappa shape index (κ2) is 5.59. The molecule has 1 heteroatoms. The van der Waals surface area contributed by atoms with Gasteiger partial charge in [0.2, 0.25) is 0 Å². The molecule has 1 aliphatic carbocycles. The maximum Gasteiger partial charge on any atom is 0.000504 e. The average molecular weight is 157 g/mol. The normalized spacial score (nSPS) is 19.6. The Morgan fingerprint density at radius 3 is 2.09 bits per heavy atom. The van der Waals surface area contributed by atoms with E-state index in [2.05, 4.69) is 19.2 Å². The first-order valence-electron chi connectivity index (χ1n) is 4.97. The maximum atomic E-state index is 3.39. The van der Waals surface area contributed by atoms with Gasteiger partial charge in [0, 0.05) is 6.54 Å². The fourth-order valence-corrected chi connectivity index (χ4v) is 1.38. The van der Waals surface area contributed by atoms with Crippen molar-refractivity contribution in [1.29, 1.82) is 0 Å². The molecule has 68 valence electrons. The van der Waals surface area contributed by atoms with Crippen LogP contribution < -0.4 is 5.32 Å². The summed E-state index contributed by atoms with van der Waals surface area (Å²) < 4.78 is 0. The van der Waals surface area contributed by atoms with Crippen LogP contribution >= 0.6 is 0 Å². The molecule has 0 aromatic heterocycles. The molecule has 0 amide bonds. The van der Waals surface area contributed by atoms with E-state index in [4.69, 9.17) is 0 Å². The number of nitrogens with one attached hydrogen (secondary N) is 1. The Bertz CT molecular complexity index is 84.9. The predicted octanol–water partition coefficient (Wildman–Crippen LogP) is 2.81. The lowest BCUT2D eigenvalue weighted by Crippen LogP contribution is -2.37. The summed E-state index contributed by atoms with van der Waals surface area (Å²) >= 11 is 0. The molecule has 1 rings (SSSR count). The molecule has 0 atom stereocenters. The molecule has 1 saturated carbocycles. The number of hydrogen-bond acceptors (Lipinski definition) is 1. The lowest BCUT2D eigenvalue weighted by atomic mass is 9.70. The Morgan fingerprint density at radius 1 is 1.27 bits per heavy atom. The summed E-state index contributed by atoms with van der Waals surface area (Å²) in [6, 6.07) is 0. The van der Waals surface area contributed by atoms with Crippen molar-refractivity contribution in [1.82, 2.24) is 5.32 Å². The molecule has 0 saturated heterocycles. The van der Waals surface area contributed by atoms with Gasteiger partial charge in [0.1, 0.15) is 0 Å². The van der Waals surface area contributed by atoms with E-state index < -0.39 is 0 Å². The molecule has 0 aromatic rings. The minimum atomic E-state index is 0.663. The van der Waals surface area contributed by atoms with Crippen molar-refractivity contribution in [3.63, 3.8) is 0 Å². The zero-order valence-electron chi connectivity index (χ0n) is 8.54. The maximum absolute atomic E-state index is 3.39. The molecule has 1 aliphatic rings. The lowest BCUT2D eigenvalue weighted by molar-refractivity contribution is 0.158. The SMILES string of the molecule is CC.CCNCC1(C)CCC1. The van der Waals surface area contributed by atoms with Crippen LogP contribution in [0.5, 0.6) is 0 Å². The van der Waals surface area contributed by atoms with E-state index in [1.807, 2.05) is 13.8 Å². The Kier molecular flexibility index (Phi) is 5.57. The van der Waals surface area contributed by atoms with Crippen LogP contribution in [0.15, 0.2) is 0 Å². The van der Waals surface area contributed by atoms with Gasteiger partial charge < -0.3 is 5.32 Å². The Labute approximate surface area is 71.6 Å². The first-order valence-corrected chi connectivity index (χ1v) is 4.97. The third-order valence-electron chi connectivity index (χ3n) is 2.36. The quantitative estimate of drug-likeness (QED) is 0.664. The molecule has 11 heavy (non-hydrogen) atoms. The fourth-order valence-electron chi connectivity index (χ4n) is 1.38. The average Bonchev–Trinajstić information content (AvgIpc) is 2.01. The summed E-state index contributed by atoms with van der Waals surface area (Å²) in [5.41, 5.74) is 0.663. The minimum Gasteiger partial charge on any atom is -0.316 e. The third-order valence-corrected chi connectivity index (χ3v) is 2.36. The first kappa shape index (κ1) is 11.0. The van der Waals surface area contributed by atoms with Gasteiger partial charge in [0.05, 0.1) is 0 Å². The van der Waals surface area contributed by atoms with Gasteiger partial charge >= 0.3 is 0 Å². The Morgan fingerprint density at radius 2 is 1.82 bits per heavy atom. The van der Waals surface area contributed by atoms with Crippen LogP contribution in [0.2, 0.25) is 0 Å². The topological polar surface area (TPSA) is 12.0 Å². The Balaban J connectivity index is 0.000000461. The second-order valence-electron chi connectivity index (χ2n) is 3.44. The molecule has 0 aliphatic heterocycles. The number of rotatable bonds is 3. The molecular formula is C10H23N.